The molecule has 24 heavy (non-hydrogen) atoms. The Balaban J connectivity index is 2.07. The van der Waals surface area contributed by atoms with Gasteiger partial charge in [-0.1, -0.05) is 18.7 Å². The fourth-order valence-electron chi connectivity index (χ4n) is 2.45. The SMILES string of the molecule is C=CCOc1ccc2c(=O)c(-c3ccc(OC)c(N)c3)coc2c1. The van der Waals surface area contributed by atoms with Gasteiger partial charge in [0.2, 0.25) is 0 Å². The van der Waals surface area contributed by atoms with Crippen molar-refractivity contribution in [1.29, 1.82) is 0 Å². The third-order valence-corrected chi connectivity index (χ3v) is 3.65. The maximum atomic E-state index is 12.7. The molecule has 0 saturated heterocycles. The Labute approximate surface area is 138 Å². The highest BCUT2D eigenvalue weighted by molar-refractivity contribution is 5.83. The molecule has 3 aromatic rings. The highest BCUT2D eigenvalue weighted by atomic mass is 16.5. The third-order valence-electron chi connectivity index (χ3n) is 3.65. The summed E-state index contributed by atoms with van der Waals surface area (Å²) in [4.78, 5) is 12.7. The van der Waals surface area contributed by atoms with Crippen LogP contribution in [0, 0.1) is 0 Å². The number of benzene rings is 2. The molecule has 0 saturated carbocycles. The number of methoxy groups -OCH3 is 1. The van der Waals surface area contributed by atoms with Crippen LogP contribution in [0.4, 0.5) is 5.69 Å². The lowest BCUT2D eigenvalue weighted by atomic mass is 10.0. The van der Waals surface area contributed by atoms with E-state index in [0.717, 1.165) is 0 Å². The predicted octanol–water partition coefficient (Wildman–Crippen LogP) is 3.62. The summed E-state index contributed by atoms with van der Waals surface area (Å²) in [7, 11) is 1.54. The summed E-state index contributed by atoms with van der Waals surface area (Å²) in [5.41, 5.74) is 7.83. The number of rotatable bonds is 5. The van der Waals surface area contributed by atoms with Crippen LogP contribution in [0.15, 0.2) is 64.5 Å². The zero-order chi connectivity index (χ0) is 17.1. The monoisotopic (exact) mass is 323 g/mol. The van der Waals surface area contributed by atoms with Crippen LogP contribution in [0.5, 0.6) is 11.5 Å². The third kappa shape index (κ3) is 2.84. The molecule has 1 heterocycles. The fourth-order valence-corrected chi connectivity index (χ4v) is 2.45. The summed E-state index contributed by atoms with van der Waals surface area (Å²) >= 11 is 0. The molecule has 5 nitrogen and oxygen atoms in total. The number of ether oxygens (including phenoxy) is 2. The topological polar surface area (TPSA) is 74.7 Å². The number of nitrogen functional groups attached to an aromatic ring is 1. The predicted molar refractivity (Wildman–Crippen MR) is 94.6 cm³/mol. The van der Waals surface area contributed by atoms with Gasteiger partial charge in [-0.05, 0) is 29.8 Å². The molecule has 3 rings (SSSR count). The zero-order valence-corrected chi connectivity index (χ0v) is 13.2. The minimum Gasteiger partial charge on any atom is -0.495 e. The Kier molecular flexibility index (Phi) is 4.24. The summed E-state index contributed by atoms with van der Waals surface area (Å²) in [6.07, 6.45) is 3.08. The largest absolute Gasteiger partial charge is 0.495 e. The molecule has 5 heteroatoms. The van der Waals surface area contributed by atoms with E-state index in [0.29, 0.717) is 45.9 Å². The van der Waals surface area contributed by atoms with Crippen LogP contribution in [-0.2, 0) is 0 Å². The average molecular weight is 323 g/mol. The second-order valence-corrected chi connectivity index (χ2v) is 5.19. The van der Waals surface area contributed by atoms with Crippen LogP contribution < -0.4 is 20.6 Å². The first kappa shape index (κ1) is 15.7. The van der Waals surface area contributed by atoms with E-state index in [9.17, 15) is 4.79 Å². The van der Waals surface area contributed by atoms with Crippen LogP contribution in [-0.4, -0.2) is 13.7 Å². The van der Waals surface area contributed by atoms with E-state index in [1.807, 2.05) is 0 Å². The van der Waals surface area contributed by atoms with Gasteiger partial charge in [0.05, 0.1) is 23.7 Å². The van der Waals surface area contributed by atoms with Gasteiger partial charge in [0.1, 0.15) is 30.0 Å². The van der Waals surface area contributed by atoms with Gasteiger partial charge in [0.25, 0.3) is 0 Å². The van der Waals surface area contributed by atoms with Crippen LogP contribution in [0.1, 0.15) is 0 Å². The Morgan fingerprint density at radius 2 is 2.08 bits per heavy atom. The molecular formula is C19H17NO4. The average Bonchev–Trinajstić information content (AvgIpc) is 2.60. The van der Waals surface area contributed by atoms with Gasteiger partial charge < -0.3 is 19.6 Å². The Morgan fingerprint density at radius 1 is 1.25 bits per heavy atom. The van der Waals surface area contributed by atoms with E-state index in [1.54, 1.807) is 49.6 Å². The quantitative estimate of drug-likeness (QED) is 0.573. The molecule has 0 fully saturated rings. The van der Waals surface area contributed by atoms with E-state index in [2.05, 4.69) is 6.58 Å². The molecule has 2 N–H and O–H groups in total. The van der Waals surface area contributed by atoms with Crippen molar-refractivity contribution >= 4 is 16.7 Å². The summed E-state index contributed by atoms with van der Waals surface area (Å²) < 4.78 is 16.2. The van der Waals surface area contributed by atoms with Crippen LogP contribution in [0.3, 0.4) is 0 Å². The Bertz CT molecular complexity index is 959. The van der Waals surface area contributed by atoms with Gasteiger partial charge in [0, 0.05) is 6.07 Å². The maximum absolute atomic E-state index is 12.7. The van der Waals surface area contributed by atoms with Crippen molar-refractivity contribution in [1.82, 2.24) is 0 Å². The number of fused-ring (bicyclic) bond motifs is 1. The minimum absolute atomic E-state index is 0.129. The lowest BCUT2D eigenvalue weighted by molar-refractivity contribution is 0.363. The number of anilines is 1. The van der Waals surface area contributed by atoms with Crippen molar-refractivity contribution in [2.75, 3.05) is 19.5 Å². The molecule has 2 aromatic carbocycles. The van der Waals surface area contributed by atoms with Gasteiger partial charge in [-0.2, -0.15) is 0 Å². The zero-order valence-electron chi connectivity index (χ0n) is 13.2. The second-order valence-electron chi connectivity index (χ2n) is 5.19. The molecule has 0 aliphatic rings. The van der Waals surface area contributed by atoms with E-state index >= 15 is 0 Å². The molecule has 122 valence electrons. The second kappa shape index (κ2) is 6.50. The van der Waals surface area contributed by atoms with Crippen LogP contribution in [0.2, 0.25) is 0 Å². The van der Waals surface area contributed by atoms with Crippen molar-refractivity contribution in [3.63, 3.8) is 0 Å². The Morgan fingerprint density at radius 3 is 2.79 bits per heavy atom. The van der Waals surface area contributed by atoms with Crippen molar-refractivity contribution in [3.8, 4) is 22.6 Å². The molecule has 0 atom stereocenters. The van der Waals surface area contributed by atoms with E-state index in [-0.39, 0.29) is 5.43 Å². The summed E-state index contributed by atoms with van der Waals surface area (Å²) in [6.45, 7) is 3.99. The lowest BCUT2D eigenvalue weighted by Crippen LogP contribution is -2.05. The molecule has 0 unspecified atom stereocenters. The van der Waals surface area contributed by atoms with Gasteiger partial charge in [0.15, 0.2) is 5.43 Å². The highest BCUT2D eigenvalue weighted by Gasteiger charge is 2.11. The summed E-state index contributed by atoms with van der Waals surface area (Å²) in [5.74, 6) is 1.18. The Hall–Kier alpha value is -3.21. The van der Waals surface area contributed by atoms with Crippen molar-refractivity contribution < 1.29 is 13.9 Å². The van der Waals surface area contributed by atoms with Crippen molar-refractivity contribution in [2.24, 2.45) is 0 Å². The van der Waals surface area contributed by atoms with Gasteiger partial charge in [-0.25, -0.2) is 0 Å². The molecular weight excluding hydrogens is 306 g/mol. The minimum atomic E-state index is -0.129. The van der Waals surface area contributed by atoms with E-state index < -0.39 is 0 Å². The molecule has 1 aromatic heterocycles. The molecule has 0 radical (unpaired) electrons. The first-order valence-electron chi connectivity index (χ1n) is 7.37. The van der Waals surface area contributed by atoms with Crippen LogP contribution >= 0.6 is 0 Å². The van der Waals surface area contributed by atoms with E-state index in [1.165, 1.54) is 6.26 Å². The standard InChI is InChI=1S/C19H17NO4/c1-3-8-23-13-5-6-14-18(10-13)24-11-15(19(14)21)12-4-7-17(22-2)16(20)9-12/h3-7,9-11H,1,8,20H2,2H3. The molecule has 0 aliphatic heterocycles. The molecule has 0 spiro atoms. The molecule has 0 bridgehead atoms. The summed E-state index contributed by atoms with van der Waals surface area (Å²) in [5, 5.41) is 0.479. The smallest absolute Gasteiger partial charge is 0.200 e. The highest BCUT2D eigenvalue weighted by Crippen LogP contribution is 2.28. The fraction of sp³-hybridized carbons (Fsp3) is 0.105. The van der Waals surface area contributed by atoms with Gasteiger partial charge >= 0.3 is 0 Å². The van der Waals surface area contributed by atoms with Crippen molar-refractivity contribution in [3.05, 3.63) is 65.5 Å². The number of hydrogen-bond acceptors (Lipinski definition) is 5. The van der Waals surface area contributed by atoms with Gasteiger partial charge in [-0.15, -0.1) is 0 Å². The van der Waals surface area contributed by atoms with Crippen molar-refractivity contribution in [2.45, 2.75) is 0 Å². The molecule has 0 amide bonds. The normalized spacial score (nSPS) is 10.5. The molecule has 0 aliphatic carbocycles. The van der Waals surface area contributed by atoms with Crippen LogP contribution in [0.25, 0.3) is 22.1 Å². The van der Waals surface area contributed by atoms with E-state index in [4.69, 9.17) is 19.6 Å². The number of hydrogen-bond donors (Lipinski definition) is 1. The summed E-state index contributed by atoms with van der Waals surface area (Å²) in [6, 6.07) is 10.3. The number of nitrogens with two attached hydrogens (primary N) is 1. The maximum Gasteiger partial charge on any atom is 0.200 e. The first-order chi connectivity index (χ1) is 11.6. The lowest BCUT2D eigenvalue weighted by Gasteiger charge is -2.08. The van der Waals surface area contributed by atoms with Gasteiger partial charge in [-0.3, -0.25) is 4.79 Å². The first-order valence-corrected chi connectivity index (χ1v) is 7.37.